The molecular formula is C23H29N3O3. The van der Waals surface area contributed by atoms with Crippen molar-refractivity contribution in [3.05, 3.63) is 53.7 Å². The predicted molar refractivity (Wildman–Crippen MR) is 111 cm³/mol. The first-order valence-electron chi connectivity index (χ1n) is 10.2. The molecule has 0 saturated heterocycles. The van der Waals surface area contributed by atoms with Crippen molar-refractivity contribution in [1.29, 1.82) is 0 Å². The van der Waals surface area contributed by atoms with Gasteiger partial charge in [0.05, 0.1) is 19.2 Å². The van der Waals surface area contributed by atoms with Gasteiger partial charge in [-0.1, -0.05) is 18.2 Å². The van der Waals surface area contributed by atoms with Crippen LogP contribution in [0.15, 0.2) is 42.6 Å². The summed E-state index contributed by atoms with van der Waals surface area (Å²) in [6, 6.07) is 12.2. The van der Waals surface area contributed by atoms with E-state index in [0.29, 0.717) is 30.6 Å². The number of carbonyl (C=O) groups is 1. The number of aromatic nitrogens is 1. The molecule has 4 rings (SSSR count). The Morgan fingerprint density at radius 3 is 2.62 bits per heavy atom. The van der Waals surface area contributed by atoms with Crippen LogP contribution >= 0.6 is 0 Å². The Labute approximate surface area is 172 Å². The molecule has 2 heterocycles. The number of hydrogen-bond donors (Lipinski definition) is 0. The summed E-state index contributed by atoms with van der Waals surface area (Å²) in [6.07, 6.45) is 5.61. The van der Waals surface area contributed by atoms with E-state index >= 15 is 0 Å². The summed E-state index contributed by atoms with van der Waals surface area (Å²) >= 11 is 0. The van der Waals surface area contributed by atoms with Crippen LogP contribution in [-0.4, -0.2) is 60.1 Å². The van der Waals surface area contributed by atoms with Crippen molar-refractivity contribution in [2.45, 2.75) is 43.9 Å². The van der Waals surface area contributed by atoms with Crippen LogP contribution in [0.3, 0.4) is 0 Å². The molecule has 1 spiro atoms. The van der Waals surface area contributed by atoms with E-state index in [-0.39, 0.29) is 11.5 Å². The average Bonchev–Trinajstić information content (AvgIpc) is 2.90. The van der Waals surface area contributed by atoms with E-state index in [1.807, 2.05) is 29.2 Å². The van der Waals surface area contributed by atoms with Crippen LogP contribution in [0.25, 0.3) is 0 Å². The van der Waals surface area contributed by atoms with E-state index in [2.05, 4.69) is 24.0 Å². The van der Waals surface area contributed by atoms with Gasteiger partial charge >= 0.3 is 0 Å². The van der Waals surface area contributed by atoms with Crippen molar-refractivity contribution < 1.29 is 14.3 Å². The number of para-hydroxylation sites is 1. The van der Waals surface area contributed by atoms with Crippen molar-refractivity contribution in [3.63, 3.8) is 0 Å². The zero-order valence-electron chi connectivity index (χ0n) is 17.4. The van der Waals surface area contributed by atoms with Crippen LogP contribution in [-0.2, 0) is 6.54 Å². The molecular weight excluding hydrogens is 366 g/mol. The number of rotatable bonds is 3. The summed E-state index contributed by atoms with van der Waals surface area (Å²) in [5, 5.41) is 0. The van der Waals surface area contributed by atoms with E-state index in [1.54, 1.807) is 25.4 Å². The van der Waals surface area contributed by atoms with Gasteiger partial charge in [0, 0.05) is 30.4 Å². The third-order valence-corrected chi connectivity index (χ3v) is 6.22. The third-order valence-electron chi connectivity index (χ3n) is 6.22. The van der Waals surface area contributed by atoms with E-state index in [4.69, 9.17) is 9.47 Å². The minimum atomic E-state index is -0.339. The molecule has 0 N–H and O–H groups in total. The molecule has 1 fully saturated rings. The smallest absolute Gasteiger partial charge is 0.255 e. The number of pyridine rings is 1. The molecule has 154 valence electrons. The molecule has 0 bridgehead atoms. The molecule has 6 nitrogen and oxygen atoms in total. The van der Waals surface area contributed by atoms with Crippen molar-refractivity contribution in [2.75, 3.05) is 27.7 Å². The number of nitrogens with zero attached hydrogens (tertiary/aromatic N) is 3. The van der Waals surface area contributed by atoms with Gasteiger partial charge in [0.15, 0.2) is 0 Å². The topological polar surface area (TPSA) is 54.9 Å². The summed E-state index contributed by atoms with van der Waals surface area (Å²) in [5.41, 5.74) is 1.28. The maximum absolute atomic E-state index is 13.3. The Bertz CT molecular complexity index is 858. The van der Waals surface area contributed by atoms with Crippen molar-refractivity contribution in [1.82, 2.24) is 14.8 Å². The standard InChI is InChI=1S/C23H29N3O3/c1-25(2)19-10-12-23(13-11-19)16-26(15-18-6-4-5-7-20(18)29-23)22(27)17-8-9-21(28-3)24-14-17/h4-9,14,19H,10-13,15-16H2,1-3H3. The second kappa shape index (κ2) is 8.03. The minimum absolute atomic E-state index is 0.0189. The number of benzene rings is 1. The monoisotopic (exact) mass is 395 g/mol. The zero-order chi connectivity index (χ0) is 20.4. The Morgan fingerprint density at radius 2 is 1.97 bits per heavy atom. The van der Waals surface area contributed by atoms with Gasteiger partial charge in [-0.25, -0.2) is 4.98 Å². The van der Waals surface area contributed by atoms with Gasteiger partial charge in [-0.3, -0.25) is 4.79 Å². The SMILES string of the molecule is COc1ccc(C(=O)N2Cc3ccccc3OC3(CCC(N(C)C)CC3)C2)cn1. The van der Waals surface area contributed by atoms with Gasteiger partial charge in [0.1, 0.15) is 11.4 Å². The number of methoxy groups -OCH3 is 1. The first kappa shape index (κ1) is 19.7. The summed E-state index contributed by atoms with van der Waals surface area (Å²) < 4.78 is 11.7. The van der Waals surface area contributed by atoms with Gasteiger partial charge in [0.2, 0.25) is 5.88 Å². The lowest BCUT2D eigenvalue weighted by molar-refractivity contribution is -0.00929. The maximum atomic E-state index is 13.3. The number of fused-ring (bicyclic) bond motifs is 1. The highest BCUT2D eigenvalue weighted by molar-refractivity contribution is 5.94. The fourth-order valence-electron chi connectivity index (χ4n) is 4.47. The third kappa shape index (κ3) is 4.08. The van der Waals surface area contributed by atoms with Crippen LogP contribution in [0.4, 0.5) is 0 Å². The Morgan fingerprint density at radius 1 is 1.21 bits per heavy atom. The molecule has 6 heteroatoms. The molecule has 0 unspecified atom stereocenters. The Kier molecular flexibility index (Phi) is 5.46. The molecule has 0 atom stereocenters. The fourth-order valence-corrected chi connectivity index (χ4v) is 4.47. The highest BCUT2D eigenvalue weighted by Gasteiger charge is 2.42. The zero-order valence-corrected chi connectivity index (χ0v) is 17.4. The fraction of sp³-hybridized carbons (Fsp3) is 0.478. The second-order valence-corrected chi connectivity index (χ2v) is 8.34. The highest BCUT2D eigenvalue weighted by Crippen LogP contribution is 2.39. The van der Waals surface area contributed by atoms with Crippen molar-refractivity contribution in [2.24, 2.45) is 0 Å². The van der Waals surface area contributed by atoms with Gasteiger partial charge in [0.25, 0.3) is 5.91 Å². The van der Waals surface area contributed by atoms with Crippen LogP contribution in [0.5, 0.6) is 11.6 Å². The Balaban J connectivity index is 1.62. The molecule has 29 heavy (non-hydrogen) atoms. The molecule has 1 aromatic heterocycles. The van der Waals surface area contributed by atoms with Gasteiger partial charge in [-0.2, -0.15) is 0 Å². The average molecular weight is 396 g/mol. The normalized spacial score (nSPS) is 24.0. The molecule has 2 aromatic rings. The predicted octanol–water partition coefficient (Wildman–Crippen LogP) is 3.37. The number of ether oxygens (including phenoxy) is 2. The summed E-state index contributed by atoms with van der Waals surface area (Å²) in [5.74, 6) is 1.39. The Hall–Kier alpha value is -2.60. The van der Waals surface area contributed by atoms with E-state index in [0.717, 1.165) is 37.0 Å². The maximum Gasteiger partial charge on any atom is 0.255 e. The lowest BCUT2D eigenvalue weighted by atomic mass is 9.81. The molecule has 0 radical (unpaired) electrons. The van der Waals surface area contributed by atoms with Gasteiger partial charge in [-0.05, 0) is 51.9 Å². The van der Waals surface area contributed by atoms with Gasteiger partial charge in [-0.15, -0.1) is 0 Å². The molecule has 1 saturated carbocycles. The van der Waals surface area contributed by atoms with Crippen LogP contribution in [0, 0.1) is 0 Å². The molecule has 1 amide bonds. The number of hydrogen-bond acceptors (Lipinski definition) is 5. The summed E-state index contributed by atoms with van der Waals surface area (Å²) in [6.45, 7) is 1.13. The number of amides is 1. The van der Waals surface area contributed by atoms with Gasteiger partial charge < -0.3 is 19.3 Å². The van der Waals surface area contributed by atoms with Crippen molar-refractivity contribution in [3.8, 4) is 11.6 Å². The molecule has 1 aliphatic heterocycles. The first-order chi connectivity index (χ1) is 14.0. The summed E-state index contributed by atoms with van der Waals surface area (Å²) in [4.78, 5) is 21.8. The van der Waals surface area contributed by atoms with E-state index in [9.17, 15) is 4.79 Å². The van der Waals surface area contributed by atoms with Crippen LogP contribution < -0.4 is 9.47 Å². The molecule has 1 aliphatic carbocycles. The highest BCUT2D eigenvalue weighted by atomic mass is 16.5. The van der Waals surface area contributed by atoms with Crippen LogP contribution in [0.1, 0.15) is 41.6 Å². The van der Waals surface area contributed by atoms with E-state index in [1.165, 1.54) is 0 Å². The largest absolute Gasteiger partial charge is 0.485 e. The first-order valence-corrected chi connectivity index (χ1v) is 10.2. The molecule has 1 aromatic carbocycles. The van der Waals surface area contributed by atoms with E-state index < -0.39 is 0 Å². The lowest BCUT2D eigenvalue weighted by Crippen LogP contribution is -2.51. The minimum Gasteiger partial charge on any atom is -0.485 e. The summed E-state index contributed by atoms with van der Waals surface area (Å²) in [7, 11) is 5.84. The van der Waals surface area contributed by atoms with Crippen molar-refractivity contribution >= 4 is 5.91 Å². The lowest BCUT2D eigenvalue weighted by Gasteiger charge is -2.43. The van der Waals surface area contributed by atoms with Crippen LogP contribution in [0.2, 0.25) is 0 Å². The molecule has 2 aliphatic rings. The quantitative estimate of drug-likeness (QED) is 0.798. The number of carbonyl (C=O) groups excluding carboxylic acids is 1. The second-order valence-electron chi connectivity index (χ2n) is 8.34.